The number of thiazole rings is 1. The van der Waals surface area contributed by atoms with Crippen LogP contribution in [-0.4, -0.2) is 22.2 Å². The van der Waals surface area contributed by atoms with Crippen LogP contribution in [0, 0.1) is 0 Å². The van der Waals surface area contributed by atoms with Gasteiger partial charge in [0.1, 0.15) is 11.4 Å². The predicted octanol–water partition coefficient (Wildman–Crippen LogP) is 2.45. The van der Waals surface area contributed by atoms with Crippen LogP contribution in [0.1, 0.15) is 0 Å². The molecule has 0 aliphatic carbocycles. The van der Waals surface area contributed by atoms with Crippen LogP contribution in [0.5, 0.6) is 5.75 Å². The summed E-state index contributed by atoms with van der Waals surface area (Å²) in [7, 11) is 1.58. The number of aromatic nitrogens is 3. The predicted molar refractivity (Wildman–Crippen MR) is 71.8 cm³/mol. The Balaban J connectivity index is 1.99. The van der Waals surface area contributed by atoms with Gasteiger partial charge in [0.2, 0.25) is 5.82 Å². The van der Waals surface area contributed by atoms with Crippen LogP contribution in [0.25, 0.3) is 23.0 Å². The Morgan fingerprint density at radius 1 is 1.37 bits per heavy atom. The molecule has 7 heteroatoms. The Morgan fingerprint density at radius 2 is 2.26 bits per heavy atom. The second kappa shape index (κ2) is 4.69. The topological polar surface area (TPSA) is 87.1 Å². The van der Waals surface area contributed by atoms with Crippen molar-refractivity contribution in [2.75, 3.05) is 12.8 Å². The van der Waals surface area contributed by atoms with Crippen molar-refractivity contribution in [2.45, 2.75) is 0 Å². The number of ether oxygens (including phenoxy) is 1. The third-order valence-electron chi connectivity index (χ3n) is 2.58. The lowest BCUT2D eigenvalue weighted by Crippen LogP contribution is -1.92. The van der Waals surface area contributed by atoms with Crippen LogP contribution < -0.4 is 10.5 Å². The van der Waals surface area contributed by atoms with Crippen molar-refractivity contribution >= 4 is 17.0 Å². The molecule has 1 aromatic carbocycles. The van der Waals surface area contributed by atoms with Crippen molar-refractivity contribution < 1.29 is 9.26 Å². The normalized spacial score (nSPS) is 10.6. The molecule has 0 bridgehead atoms. The molecule has 0 atom stereocenters. The van der Waals surface area contributed by atoms with E-state index >= 15 is 0 Å². The lowest BCUT2D eigenvalue weighted by Gasteiger charge is -2.03. The minimum atomic E-state index is 0.364. The zero-order chi connectivity index (χ0) is 13.2. The van der Waals surface area contributed by atoms with E-state index < -0.39 is 0 Å². The maximum atomic E-state index is 5.94. The Bertz CT molecular complexity index is 694. The third-order valence-corrected chi connectivity index (χ3v) is 3.16. The van der Waals surface area contributed by atoms with Crippen molar-refractivity contribution in [1.29, 1.82) is 0 Å². The Hall–Kier alpha value is -2.41. The van der Waals surface area contributed by atoms with Gasteiger partial charge >= 0.3 is 0 Å². The van der Waals surface area contributed by atoms with Gasteiger partial charge in [-0.3, -0.25) is 0 Å². The molecule has 3 aromatic rings. The van der Waals surface area contributed by atoms with Gasteiger partial charge in [-0.25, -0.2) is 4.98 Å². The van der Waals surface area contributed by atoms with Crippen molar-refractivity contribution in [3.8, 4) is 28.7 Å². The highest BCUT2D eigenvalue weighted by molar-refractivity contribution is 7.07. The number of methoxy groups -OCH3 is 1. The summed E-state index contributed by atoms with van der Waals surface area (Å²) < 4.78 is 10.3. The summed E-state index contributed by atoms with van der Waals surface area (Å²) in [6.07, 6.45) is 0. The first-order chi connectivity index (χ1) is 9.28. The van der Waals surface area contributed by atoms with Crippen LogP contribution >= 0.6 is 11.3 Å². The maximum absolute atomic E-state index is 5.94. The quantitative estimate of drug-likeness (QED) is 0.738. The molecule has 0 unspecified atom stereocenters. The van der Waals surface area contributed by atoms with Crippen molar-refractivity contribution in [2.24, 2.45) is 0 Å². The van der Waals surface area contributed by atoms with E-state index in [0.29, 0.717) is 34.4 Å². The SMILES string of the molecule is COc1ccc(-c2nc(-c3cscn3)no2)c(N)c1. The monoisotopic (exact) mass is 274 g/mol. The number of anilines is 1. The van der Waals surface area contributed by atoms with E-state index in [0.717, 1.165) is 0 Å². The zero-order valence-corrected chi connectivity index (χ0v) is 10.8. The Labute approximate surface area is 112 Å². The van der Waals surface area contributed by atoms with Gasteiger partial charge < -0.3 is 15.0 Å². The summed E-state index contributed by atoms with van der Waals surface area (Å²) in [5.41, 5.74) is 9.53. The molecule has 6 nitrogen and oxygen atoms in total. The molecule has 2 N–H and O–H groups in total. The van der Waals surface area contributed by atoms with E-state index in [1.807, 2.05) is 5.38 Å². The van der Waals surface area contributed by atoms with Crippen LogP contribution in [-0.2, 0) is 0 Å². The molecular weight excluding hydrogens is 264 g/mol. The molecule has 2 heterocycles. The van der Waals surface area contributed by atoms with E-state index in [2.05, 4.69) is 15.1 Å². The summed E-state index contributed by atoms with van der Waals surface area (Å²) >= 11 is 1.47. The van der Waals surface area contributed by atoms with Gasteiger partial charge in [0.05, 0.1) is 18.2 Å². The maximum Gasteiger partial charge on any atom is 0.260 e. The lowest BCUT2D eigenvalue weighted by atomic mass is 10.1. The molecule has 3 rings (SSSR count). The Kier molecular flexibility index (Phi) is 2.88. The highest BCUT2D eigenvalue weighted by Gasteiger charge is 2.14. The molecule has 2 aromatic heterocycles. The fraction of sp³-hybridized carbons (Fsp3) is 0.0833. The smallest absolute Gasteiger partial charge is 0.260 e. The molecule has 0 aliphatic rings. The summed E-state index contributed by atoms with van der Waals surface area (Å²) in [5, 5.41) is 5.74. The Morgan fingerprint density at radius 3 is 2.95 bits per heavy atom. The van der Waals surface area contributed by atoms with Gasteiger partial charge in [-0.2, -0.15) is 4.98 Å². The van der Waals surface area contributed by atoms with Crippen molar-refractivity contribution in [3.05, 3.63) is 29.1 Å². The molecule has 96 valence electrons. The standard InChI is InChI=1S/C12H10N4O2S/c1-17-7-2-3-8(9(13)4-7)12-15-11(16-18-12)10-5-19-6-14-10/h2-6H,13H2,1H3. The van der Waals surface area contributed by atoms with Gasteiger partial charge in [0.15, 0.2) is 0 Å². The molecule has 0 saturated heterocycles. The van der Waals surface area contributed by atoms with Gasteiger partial charge in [0.25, 0.3) is 5.89 Å². The third kappa shape index (κ3) is 2.15. The number of benzene rings is 1. The number of nitrogens with zero attached hydrogens (tertiary/aromatic N) is 3. The number of hydrogen-bond acceptors (Lipinski definition) is 7. The summed E-state index contributed by atoms with van der Waals surface area (Å²) in [6, 6.07) is 5.28. The van der Waals surface area contributed by atoms with E-state index in [1.54, 1.807) is 30.8 Å². The van der Waals surface area contributed by atoms with Gasteiger partial charge in [-0.1, -0.05) is 5.16 Å². The summed E-state index contributed by atoms with van der Waals surface area (Å²) in [6.45, 7) is 0. The van der Waals surface area contributed by atoms with Gasteiger partial charge in [-0.15, -0.1) is 11.3 Å². The van der Waals surface area contributed by atoms with Crippen LogP contribution in [0.3, 0.4) is 0 Å². The number of nitrogen functional groups attached to an aromatic ring is 1. The minimum Gasteiger partial charge on any atom is -0.497 e. The first kappa shape index (κ1) is 11.7. The van der Waals surface area contributed by atoms with E-state index in [4.69, 9.17) is 15.0 Å². The van der Waals surface area contributed by atoms with E-state index in [-0.39, 0.29) is 0 Å². The van der Waals surface area contributed by atoms with Crippen LogP contribution in [0.2, 0.25) is 0 Å². The fourth-order valence-corrected chi connectivity index (χ4v) is 2.15. The van der Waals surface area contributed by atoms with E-state index in [1.165, 1.54) is 11.3 Å². The number of hydrogen-bond donors (Lipinski definition) is 1. The highest BCUT2D eigenvalue weighted by atomic mass is 32.1. The van der Waals surface area contributed by atoms with Crippen LogP contribution in [0.4, 0.5) is 5.69 Å². The molecule has 0 spiro atoms. The molecule has 0 saturated carbocycles. The molecule has 0 fully saturated rings. The zero-order valence-electron chi connectivity index (χ0n) is 10.0. The average molecular weight is 274 g/mol. The highest BCUT2D eigenvalue weighted by Crippen LogP contribution is 2.29. The second-order valence-electron chi connectivity index (χ2n) is 3.75. The number of nitrogens with two attached hydrogens (primary N) is 1. The molecule has 19 heavy (non-hydrogen) atoms. The molecular formula is C12H10N4O2S. The van der Waals surface area contributed by atoms with E-state index in [9.17, 15) is 0 Å². The first-order valence-corrected chi connectivity index (χ1v) is 6.38. The van der Waals surface area contributed by atoms with Crippen molar-refractivity contribution in [3.63, 3.8) is 0 Å². The summed E-state index contributed by atoms with van der Waals surface area (Å²) in [5.74, 6) is 1.50. The lowest BCUT2D eigenvalue weighted by molar-refractivity contribution is 0.414. The molecule has 0 aliphatic heterocycles. The first-order valence-electron chi connectivity index (χ1n) is 5.44. The van der Waals surface area contributed by atoms with Gasteiger partial charge in [0, 0.05) is 17.1 Å². The van der Waals surface area contributed by atoms with Crippen molar-refractivity contribution in [1.82, 2.24) is 15.1 Å². The minimum absolute atomic E-state index is 0.364. The second-order valence-corrected chi connectivity index (χ2v) is 4.47. The van der Waals surface area contributed by atoms with Crippen LogP contribution in [0.15, 0.2) is 33.6 Å². The fourth-order valence-electron chi connectivity index (χ4n) is 1.62. The number of rotatable bonds is 3. The molecule has 0 radical (unpaired) electrons. The molecule has 0 amide bonds. The van der Waals surface area contributed by atoms with Gasteiger partial charge in [-0.05, 0) is 12.1 Å². The average Bonchev–Trinajstić information content (AvgIpc) is 3.09. The largest absolute Gasteiger partial charge is 0.497 e. The summed E-state index contributed by atoms with van der Waals surface area (Å²) in [4.78, 5) is 8.41.